The van der Waals surface area contributed by atoms with Crippen molar-refractivity contribution in [3.63, 3.8) is 0 Å². The molecule has 0 saturated heterocycles. The summed E-state index contributed by atoms with van der Waals surface area (Å²) in [6.45, 7) is 3.42. The highest BCUT2D eigenvalue weighted by Crippen LogP contribution is 2.36. The minimum Gasteiger partial charge on any atom is -0.462 e. The summed E-state index contributed by atoms with van der Waals surface area (Å²) in [5, 5.41) is 9.96. The van der Waals surface area contributed by atoms with Gasteiger partial charge in [-0.15, -0.1) is 0 Å². The van der Waals surface area contributed by atoms with E-state index in [1.807, 2.05) is 42.5 Å². The van der Waals surface area contributed by atoms with Gasteiger partial charge in [-0.1, -0.05) is 138 Å². The molecule has 10 heteroatoms. The Morgan fingerprint density at radius 1 is 0.627 bits per heavy atom. The van der Waals surface area contributed by atoms with E-state index in [-0.39, 0.29) is 19.4 Å². The number of phosphoric ester groups is 1. The highest BCUT2D eigenvalue weighted by atomic mass is 31.2. The molecule has 0 spiro atoms. The van der Waals surface area contributed by atoms with Gasteiger partial charge in [0.25, 0.3) is 0 Å². The van der Waals surface area contributed by atoms with Crippen LogP contribution in [0.15, 0.2) is 72.9 Å². The third-order valence-electron chi connectivity index (χ3n) is 7.79. The van der Waals surface area contributed by atoms with Crippen molar-refractivity contribution in [2.24, 2.45) is 0 Å². The van der Waals surface area contributed by atoms with Crippen molar-refractivity contribution >= 4 is 19.8 Å². The van der Waals surface area contributed by atoms with Gasteiger partial charge < -0.3 is 24.4 Å². The molecule has 0 amide bonds. The second kappa shape index (κ2) is 35.8. The van der Waals surface area contributed by atoms with E-state index < -0.39 is 38.6 Å². The molecule has 51 heavy (non-hydrogen) atoms. The fourth-order valence-electron chi connectivity index (χ4n) is 4.90. The Labute approximate surface area is 309 Å². The average Bonchev–Trinajstić information content (AvgIpc) is 3.09. The first-order chi connectivity index (χ1) is 24.7. The average molecular weight is 737 g/mol. The fraction of sp³-hybridized carbons (Fsp3) is 0.659. The van der Waals surface area contributed by atoms with Crippen molar-refractivity contribution in [3.8, 4) is 0 Å². The molecule has 0 aliphatic rings. The lowest BCUT2D eigenvalue weighted by Gasteiger charge is -2.18. The van der Waals surface area contributed by atoms with Crippen molar-refractivity contribution in [1.29, 1.82) is 0 Å². The lowest BCUT2D eigenvalue weighted by Crippen LogP contribution is -2.29. The monoisotopic (exact) mass is 736 g/mol. The van der Waals surface area contributed by atoms with Gasteiger partial charge >= 0.3 is 19.8 Å². The second-order valence-corrected chi connectivity index (χ2v) is 14.0. The van der Waals surface area contributed by atoms with Crippen LogP contribution in [0.2, 0.25) is 0 Å². The Bertz CT molecular complexity index is 1070. The molecule has 9 nitrogen and oxygen atoms in total. The number of phosphoric acid groups is 1. The maximum absolute atomic E-state index is 12.4. The van der Waals surface area contributed by atoms with Gasteiger partial charge in [-0.2, -0.15) is 0 Å². The van der Waals surface area contributed by atoms with Gasteiger partial charge in [-0.3, -0.25) is 14.1 Å². The summed E-state index contributed by atoms with van der Waals surface area (Å²) in [7, 11) is -4.78. The summed E-state index contributed by atoms with van der Waals surface area (Å²) in [6.07, 6.45) is 42.3. The SMILES string of the molecule is CC/C=C\C/C=C\CC(O)/C=C/C=C\C/C=C\CCCC(=O)OC[C@H](COP(=O)(O)O)OC(=O)CCCCCCC/C=C\CCCCCCCC. The Morgan fingerprint density at radius 3 is 1.88 bits per heavy atom. The standard InChI is InChI=1S/C41H69O9P/c1-3-5-7-9-11-12-13-14-15-16-17-18-23-27-31-35-41(44)50-39(37-49-51(45,46)47)36-48-40(43)34-30-26-22-20-19-21-25-29-33-38(42)32-28-24-10-8-6-4-2/h6,8,14-15,20-22,24-25,28-29,33,38-39,42H,3-5,7,9-13,16-19,23,26-27,30-32,34-37H2,1-2H3,(H2,45,46,47)/b8-6-,15-14-,22-20-,25-21-,28-24-,33-29+/t38?,39-/m1/s1. The van der Waals surface area contributed by atoms with E-state index in [1.54, 1.807) is 6.08 Å². The largest absolute Gasteiger partial charge is 0.469 e. The Morgan fingerprint density at radius 2 is 1.20 bits per heavy atom. The first-order valence-corrected chi connectivity index (χ1v) is 20.9. The van der Waals surface area contributed by atoms with E-state index in [9.17, 15) is 19.3 Å². The topological polar surface area (TPSA) is 140 Å². The van der Waals surface area contributed by atoms with Crippen molar-refractivity contribution in [2.45, 2.75) is 161 Å². The molecule has 3 N–H and O–H groups in total. The Hall–Kier alpha value is -2.55. The number of allylic oxidation sites excluding steroid dienone is 10. The predicted molar refractivity (Wildman–Crippen MR) is 208 cm³/mol. The van der Waals surface area contributed by atoms with Crippen LogP contribution in [0.3, 0.4) is 0 Å². The van der Waals surface area contributed by atoms with Crippen LogP contribution in [0.1, 0.15) is 149 Å². The van der Waals surface area contributed by atoms with E-state index in [0.717, 1.165) is 57.8 Å². The minimum absolute atomic E-state index is 0.152. The van der Waals surface area contributed by atoms with E-state index in [1.165, 1.54) is 38.5 Å². The van der Waals surface area contributed by atoms with Gasteiger partial charge in [0.1, 0.15) is 6.61 Å². The summed E-state index contributed by atoms with van der Waals surface area (Å²) in [4.78, 5) is 42.7. The number of unbranched alkanes of at least 4 members (excludes halogenated alkanes) is 12. The van der Waals surface area contributed by atoms with Crippen LogP contribution in [-0.4, -0.2) is 52.3 Å². The van der Waals surface area contributed by atoms with Gasteiger partial charge in [0, 0.05) is 12.8 Å². The van der Waals surface area contributed by atoms with E-state index in [0.29, 0.717) is 25.7 Å². The first-order valence-electron chi connectivity index (χ1n) is 19.3. The number of aliphatic hydroxyl groups excluding tert-OH is 1. The van der Waals surface area contributed by atoms with E-state index in [2.05, 4.69) is 42.7 Å². The molecular weight excluding hydrogens is 667 g/mol. The molecular formula is C41H69O9P. The van der Waals surface area contributed by atoms with Crippen molar-refractivity contribution < 1.29 is 43.0 Å². The molecule has 0 fully saturated rings. The summed E-state index contributed by atoms with van der Waals surface area (Å²) in [6, 6.07) is 0. The van der Waals surface area contributed by atoms with Crippen LogP contribution in [0.5, 0.6) is 0 Å². The number of aliphatic hydroxyl groups is 1. The molecule has 0 aromatic carbocycles. The van der Waals surface area contributed by atoms with Gasteiger partial charge in [0.05, 0.1) is 12.7 Å². The zero-order valence-electron chi connectivity index (χ0n) is 31.6. The number of carbonyl (C=O) groups excluding carboxylic acids is 2. The van der Waals surface area contributed by atoms with Crippen LogP contribution in [0, 0.1) is 0 Å². The lowest BCUT2D eigenvalue weighted by atomic mass is 10.1. The molecule has 2 atom stereocenters. The van der Waals surface area contributed by atoms with Gasteiger partial charge in [0.15, 0.2) is 6.10 Å². The molecule has 0 aromatic rings. The third-order valence-corrected chi connectivity index (χ3v) is 8.27. The first kappa shape index (κ1) is 48.5. The summed E-state index contributed by atoms with van der Waals surface area (Å²) in [5.41, 5.74) is 0. The minimum atomic E-state index is -4.78. The van der Waals surface area contributed by atoms with Crippen LogP contribution >= 0.6 is 7.82 Å². The third kappa shape index (κ3) is 38.5. The van der Waals surface area contributed by atoms with Crippen LogP contribution in [-0.2, 0) is 28.2 Å². The molecule has 0 aliphatic heterocycles. The number of hydrogen-bond donors (Lipinski definition) is 3. The quantitative estimate of drug-likeness (QED) is 0.0194. The number of hydrogen-bond acceptors (Lipinski definition) is 7. The highest BCUT2D eigenvalue weighted by Gasteiger charge is 2.22. The predicted octanol–water partition coefficient (Wildman–Crippen LogP) is 10.5. The molecule has 0 radical (unpaired) electrons. The van der Waals surface area contributed by atoms with Crippen LogP contribution in [0.4, 0.5) is 0 Å². The summed E-state index contributed by atoms with van der Waals surface area (Å²) < 4.78 is 26.2. The van der Waals surface area contributed by atoms with E-state index in [4.69, 9.17) is 19.3 Å². The molecule has 0 aliphatic carbocycles. The Balaban J connectivity index is 4.16. The van der Waals surface area contributed by atoms with Crippen molar-refractivity contribution in [2.75, 3.05) is 13.2 Å². The zero-order chi connectivity index (χ0) is 37.7. The molecule has 0 bridgehead atoms. The van der Waals surface area contributed by atoms with Crippen LogP contribution < -0.4 is 0 Å². The zero-order valence-corrected chi connectivity index (χ0v) is 32.5. The lowest BCUT2D eigenvalue weighted by molar-refractivity contribution is -0.161. The van der Waals surface area contributed by atoms with Crippen LogP contribution in [0.25, 0.3) is 0 Å². The molecule has 1 unspecified atom stereocenters. The van der Waals surface area contributed by atoms with Gasteiger partial charge in [-0.05, 0) is 70.6 Å². The molecule has 0 rings (SSSR count). The second-order valence-electron chi connectivity index (χ2n) is 12.7. The smallest absolute Gasteiger partial charge is 0.462 e. The van der Waals surface area contributed by atoms with E-state index >= 15 is 0 Å². The molecule has 0 heterocycles. The fourth-order valence-corrected chi connectivity index (χ4v) is 5.26. The maximum atomic E-state index is 12.4. The normalized spacial score (nSPS) is 13.9. The molecule has 0 aromatic heterocycles. The molecule has 292 valence electrons. The number of rotatable bonds is 34. The number of carbonyl (C=O) groups is 2. The van der Waals surface area contributed by atoms with Crippen molar-refractivity contribution in [3.05, 3.63) is 72.9 Å². The summed E-state index contributed by atoms with van der Waals surface area (Å²) in [5.74, 6) is -1.01. The highest BCUT2D eigenvalue weighted by molar-refractivity contribution is 7.46. The maximum Gasteiger partial charge on any atom is 0.469 e. The number of ether oxygens (including phenoxy) is 2. The summed E-state index contributed by atoms with van der Waals surface area (Å²) >= 11 is 0. The van der Waals surface area contributed by atoms with Gasteiger partial charge in [0.2, 0.25) is 0 Å². The molecule has 0 saturated carbocycles. The van der Waals surface area contributed by atoms with Crippen molar-refractivity contribution in [1.82, 2.24) is 0 Å². The number of esters is 2. The Kier molecular flexibility index (Phi) is 34.0. The van der Waals surface area contributed by atoms with Gasteiger partial charge in [-0.25, -0.2) is 4.57 Å².